The SMILES string of the molecule is CC.CCCCCC(CCCCC)CCCOC(=O)C(C)(C)CCCCCCNCCCCCCC(C)(C)C(=O)OCCCC(CC)CCCC.CO. The number of hydrogen-bond acceptors (Lipinski definition) is 6. The van der Waals surface area contributed by atoms with Gasteiger partial charge in [0.1, 0.15) is 0 Å². The van der Waals surface area contributed by atoms with E-state index in [2.05, 4.69) is 46.9 Å². The Morgan fingerprint density at radius 2 is 0.849 bits per heavy atom. The van der Waals surface area contributed by atoms with Gasteiger partial charge in [-0.25, -0.2) is 0 Å². The predicted octanol–water partition coefficient (Wildman–Crippen LogP) is 13.8. The Morgan fingerprint density at radius 1 is 0.491 bits per heavy atom. The zero-order valence-electron chi connectivity index (χ0n) is 37.9. The molecular formula is C47H97NO5. The summed E-state index contributed by atoms with van der Waals surface area (Å²) in [6.07, 6.45) is 31.2. The van der Waals surface area contributed by atoms with E-state index in [4.69, 9.17) is 14.6 Å². The van der Waals surface area contributed by atoms with Gasteiger partial charge in [0.25, 0.3) is 0 Å². The molecule has 0 aromatic heterocycles. The molecule has 6 heteroatoms. The Balaban J connectivity index is -0.00000602. The summed E-state index contributed by atoms with van der Waals surface area (Å²) in [6, 6.07) is 0. The lowest BCUT2D eigenvalue weighted by molar-refractivity contribution is -0.155. The fraction of sp³-hybridized carbons (Fsp3) is 0.957. The third kappa shape index (κ3) is 35.0. The van der Waals surface area contributed by atoms with Gasteiger partial charge in [-0.05, 0) is 104 Å². The maximum absolute atomic E-state index is 12.8. The first-order chi connectivity index (χ1) is 25.5. The van der Waals surface area contributed by atoms with Crippen molar-refractivity contribution in [2.75, 3.05) is 33.4 Å². The van der Waals surface area contributed by atoms with Gasteiger partial charge in [-0.3, -0.25) is 9.59 Å². The molecule has 0 aliphatic rings. The van der Waals surface area contributed by atoms with E-state index in [1.807, 2.05) is 27.7 Å². The minimum atomic E-state index is -0.387. The quantitative estimate of drug-likeness (QED) is 0.0489. The van der Waals surface area contributed by atoms with Gasteiger partial charge in [0.2, 0.25) is 0 Å². The molecule has 0 aliphatic heterocycles. The summed E-state index contributed by atoms with van der Waals surface area (Å²) in [5.41, 5.74) is -0.772. The Bertz CT molecular complexity index is 758. The van der Waals surface area contributed by atoms with E-state index in [1.54, 1.807) is 0 Å². The van der Waals surface area contributed by atoms with E-state index >= 15 is 0 Å². The van der Waals surface area contributed by atoms with Crippen LogP contribution in [0.3, 0.4) is 0 Å². The highest BCUT2D eigenvalue weighted by Gasteiger charge is 2.29. The summed E-state index contributed by atoms with van der Waals surface area (Å²) < 4.78 is 11.4. The Kier molecular flexibility index (Phi) is 43.0. The van der Waals surface area contributed by atoms with Gasteiger partial charge in [0.05, 0.1) is 24.0 Å². The van der Waals surface area contributed by atoms with Crippen molar-refractivity contribution in [3.63, 3.8) is 0 Å². The number of carbonyl (C=O) groups excluding carboxylic acids is 2. The highest BCUT2D eigenvalue weighted by atomic mass is 16.5. The minimum Gasteiger partial charge on any atom is -0.465 e. The van der Waals surface area contributed by atoms with Crippen LogP contribution < -0.4 is 5.32 Å². The minimum absolute atomic E-state index is 0.0141. The molecule has 0 aliphatic carbocycles. The molecule has 2 N–H and O–H groups in total. The second-order valence-electron chi connectivity index (χ2n) is 16.7. The van der Waals surface area contributed by atoms with Gasteiger partial charge in [-0.15, -0.1) is 0 Å². The number of nitrogens with one attached hydrogen (secondary N) is 1. The number of rotatable bonds is 36. The van der Waals surface area contributed by atoms with Gasteiger partial charge in [-0.2, -0.15) is 0 Å². The van der Waals surface area contributed by atoms with E-state index in [9.17, 15) is 9.59 Å². The number of ether oxygens (including phenoxy) is 2. The van der Waals surface area contributed by atoms with Crippen molar-refractivity contribution >= 4 is 11.9 Å². The van der Waals surface area contributed by atoms with Gasteiger partial charge < -0.3 is 19.9 Å². The molecule has 1 unspecified atom stereocenters. The Hall–Kier alpha value is -1.14. The first kappa shape index (κ1) is 56.2. The van der Waals surface area contributed by atoms with Crippen LogP contribution in [-0.2, 0) is 19.1 Å². The number of hydrogen-bond donors (Lipinski definition) is 2. The largest absolute Gasteiger partial charge is 0.465 e. The van der Waals surface area contributed by atoms with Crippen molar-refractivity contribution in [1.29, 1.82) is 0 Å². The number of carbonyl (C=O) groups is 2. The van der Waals surface area contributed by atoms with Crippen molar-refractivity contribution in [3.05, 3.63) is 0 Å². The molecule has 0 saturated heterocycles. The van der Waals surface area contributed by atoms with Crippen LogP contribution in [0, 0.1) is 22.7 Å². The lowest BCUT2D eigenvalue weighted by Gasteiger charge is -2.23. The molecule has 0 heterocycles. The molecule has 0 amide bonds. The molecule has 1 atom stereocenters. The number of aliphatic hydroxyl groups is 1. The number of esters is 2. The van der Waals surface area contributed by atoms with Crippen LogP contribution >= 0.6 is 0 Å². The molecular weight excluding hydrogens is 659 g/mol. The Labute approximate surface area is 332 Å². The van der Waals surface area contributed by atoms with Gasteiger partial charge in [0.15, 0.2) is 0 Å². The van der Waals surface area contributed by atoms with Crippen LogP contribution in [0.15, 0.2) is 0 Å². The fourth-order valence-electron chi connectivity index (χ4n) is 6.98. The first-order valence-electron chi connectivity index (χ1n) is 23.0. The van der Waals surface area contributed by atoms with E-state index in [-0.39, 0.29) is 22.8 Å². The average molecular weight is 756 g/mol. The lowest BCUT2D eigenvalue weighted by atomic mass is 9.87. The van der Waals surface area contributed by atoms with Gasteiger partial charge in [-0.1, -0.05) is 157 Å². The summed E-state index contributed by atoms with van der Waals surface area (Å²) in [5, 5.41) is 10.6. The molecule has 0 fully saturated rings. The zero-order valence-corrected chi connectivity index (χ0v) is 37.9. The van der Waals surface area contributed by atoms with Crippen LogP contribution in [0.5, 0.6) is 0 Å². The smallest absolute Gasteiger partial charge is 0.311 e. The van der Waals surface area contributed by atoms with Gasteiger partial charge in [0, 0.05) is 7.11 Å². The second kappa shape index (κ2) is 40.5. The molecule has 0 spiro atoms. The van der Waals surface area contributed by atoms with E-state index in [0.717, 1.165) is 70.6 Å². The number of aliphatic hydroxyl groups excluding tert-OH is 1. The van der Waals surface area contributed by atoms with Crippen LogP contribution in [0.2, 0.25) is 0 Å². The topological polar surface area (TPSA) is 84.9 Å². The lowest BCUT2D eigenvalue weighted by Crippen LogP contribution is -2.27. The molecule has 0 saturated carbocycles. The summed E-state index contributed by atoms with van der Waals surface area (Å²) >= 11 is 0. The summed E-state index contributed by atoms with van der Waals surface area (Å²) in [6.45, 7) is 24.6. The van der Waals surface area contributed by atoms with Crippen LogP contribution in [0.1, 0.15) is 236 Å². The molecule has 320 valence electrons. The van der Waals surface area contributed by atoms with Crippen molar-refractivity contribution in [2.24, 2.45) is 22.7 Å². The van der Waals surface area contributed by atoms with Gasteiger partial charge >= 0.3 is 11.9 Å². The van der Waals surface area contributed by atoms with E-state index in [0.29, 0.717) is 13.2 Å². The standard InChI is InChI=1S/C44H87NO4.C2H6.CH4O/c1-9-13-20-29-40(30-21-14-10-2)32-27-38-49-42(47)44(7,8)34-23-17-19-25-36-45-35-24-18-16-22-33-43(5,6)41(46)48-37-26-31-39(12-4)28-15-11-3;2*1-2/h39-40,45H,9-38H2,1-8H3;1-2H3;2H,1H3. The average Bonchev–Trinajstić information content (AvgIpc) is 3.16. The van der Waals surface area contributed by atoms with Crippen LogP contribution in [0.25, 0.3) is 0 Å². The summed E-state index contributed by atoms with van der Waals surface area (Å²) in [7, 11) is 1.00. The van der Waals surface area contributed by atoms with Crippen molar-refractivity contribution in [2.45, 2.75) is 236 Å². The molecule has 0 aromatic rings. The zero-order chi connectivity index (χ0) is 40.6. The molecule has 0 radical (unpaired) electrons. The third-order valence-electron chi connectivity index (χ3n) is 10.9. The fourth-order valence-corrected chi connectivity index (χ4v) is 6.98. The van der Waals surface area contributed by atoms with Crippen molar-refractivity contribution < 1.29 is 24.2 Å². The molecule has 0 rings (SSSR count). The maximum Gasteiger partial charge on any atom is 0.311 e. The van der Waals surface area contributed by atoms with E-state index < -0.39 is 0 Å². The van der Waals surface area contributed by atoms with Crippen LogP contribution in [-0.4, -0.2) is 50.5 Å². The molecule has 0 bridgehead atoms. The van der Waals surface area contributed by atoms with E-state index in [1.165, 1.54) is 128 Å². The summed E-state index contributed by atoms with van der Waals surface area (Å²) in [5.74, 6) is 1.54. The number of unbranched alkanes of at least 4 members (excludes halogenated alkanes) is 11. The highest BCUT2D eigenvalue weighted by Crippen LogP contribution is 2.28. The molecule has 0 aromatic carbocycles. The molecule has 53 heavy (non-hydrogen) atoms. The third-order valence-corrected chi connectivity index (χ3v) is 10.9. The molecule has 6 nitrogen and oxygen atoms in total. The Morgan fingerprint density at radius 3 is 1.25 bits per heavy atom. The monoisotopic (exact) mass is 756 g/mol. The first-order valence-corrected chi connectivity index (χ1v) is 23.0. The van der Waals surface area contributed by atoms with Crippen molar-refractivity contribution in [3.8, 4) is 0 Å². The summed E-state index contributed by atoms with van der Waals surface area (Å²) in [4.78, 5) is 25.4. The van der Waals surface area contributed by atoms with Crippen LogP contribution in [0.4, 0.5) is 0 Å². The maximum atomic E-state index is 12.8. The predicted molar refractivity (Wildman–Crippen MR) is 232 cm³/mol. The van der Waals surface area contributed by atoms with Crippen molar-refractivity contribution in [1.82, 2.24) is 5.32 Å². The highest BCUT2D eigenvalue weighted by molar-refractivity contribution is 5.76. The normalized spacial score (nSPS) is 12.1. The second-order valence-corrected chi connectivity index (χ2v) is 16.7.